The normalized spacial score (nSPS) is 10.2. The SMILES string of the molecule is O=C(Cc1ccccc1O)Nc1ccc(Cl)c(Br)c1. The van der Waals surface area contributed by atoms with Gasteiger partial charge in [-0.15, -0.1) is 0 Å². The molecule has 0 aromatic heterocycles. The highest BCUT2D eigenvalue weighted by Crippen LogP contribution is 2.25. The maximum atomic E-state index is 11.9. The number of phenolic OH excluding ortho intramolecular Hbond substituents is 1. The summed E-state index contributed by atoms with van der Waals surface area (Å²) >= 11 is 9.17. The minimum Gasteiger partial charge on any atom is -0.508 e. The lowest BCUT2D eigenvalue weighted by molar-refractivity contribution is -0.115. The predicted molar refractivity (Wildman–Crippen MR) is 79.6 cm³/mol. The molecule has 2 rings (SSSR count). The molecule has 2 N–H and O–H groups in total. The van der Waals surface area contributed by atoms with E-state index in [-0.39, 0.29) is 18.1 Å². The molecule has 0 fully saturated rings. The molecule has 0 unspecified atom stereocenters. The Labute approximate surface area is 124 Å². The van der Waals surface area contributed by atoms with Crippen LogP contribution in [0.2, 0.25) is 5.02 Å². The van der Waals surface area contributed by atoms with E-state index >= 15 is 0 Å². The zero-order valence-corrected chi connectivity index (χ0v) is 12.2. The molecule has 0 aliphatic carbocycles. The molecule has 0 saturated carbocycles. The standard InChI is InChI=1S/C14H11BrClNO2/c15-11-8-10(5-6-12(11)16)17-14(19)7-9-3-1-2-4-13(9)18/h1-6,8,18H,7H2,(H,17,19). The van der Waals surface area contributed by atoms with Crippen molar-refractivity contribution in [1.82, 2.24) is 0 Å². The highest BCUT2D eigenvalue weighted by molar-refractivity contribution is 9.10. The Morgan fingerprint density at radius 1 is 1.26 bits per heavy atom. The van der Waals surface area contributed by atoms with Crippen molar-refractivity contribution >= 4 is 39.1 Å². The Balaban J connectivity index is 2.05. The van der Waals surface area contributed by atoms with Crippen LogP contribution in [0, 0.1) is 0 Å². The number of halogens is 2. The fraction of sp³-hybridized carbons (Fsp3) is 0.0714. The summed E-state index contributed by atoms with van der Waals surface area (Å²) in [6.07, 6.45) is 0.118. The number of carbonyl (C=O) groups is 1. The van der Waals surface area contributed by atoms with Gasteiger partial charge in [0.05, 0.1) is 11.4 Å². The molecule has 0 atom stereocenters. The first-order valence-corrected chi connectivity index (χ1v) is 6.75. The van der Waals surface area contributed by atoms with E-state index in [1.165, 1.54) is 0 Å². The van der Waals surface area contributed by atoms with Crippen LogP contribution in [0.25, 0.3) is 0 Å². The maximum Gasteiger partial charge on any atom is 0.228 e. The molecule has 0 aliphatic rings. The molecule has 0 aliphatic heterocycles. The Kier molecular flexibility index (Phi) is 4.45. The lowest BCUT2D eigenvalue weighted by Crippen LogP contribution is -2.14. The molecular formula is C14H11BrClNO2. The fourth-order valence-corrected chi connectivity index (χ4v) is 2.11. The number of carbonyl (C=O) groups excluding carboxylic acids is 1. The molecule has 5 heteroatoms. The molecule has 2 aromatic rings. The first-order chi connectivity index (χ1) is 9.06. The van der Waals surface area contributed by atoms with Gasteiger partial charge in [-0.1, -0.05) is 29.8 Å². The van der Waals surface area contributed by atoms with Crippen LogP contribution in [0.3, 0.4) is 0 Å². The van der Waals surface area contributed by atoms with Crippen LogP contribution in [0.5, 0.6) is 5.75 Å². The van der Waals surface area contributed by atoms with E-state index in [9.17, 15) is 9.90 Å². The van der Waals surface area contributed by atoms with Gasteiger partial charge in [0.25, 0.3) is 0 Å². The Hall–Kier alpha value is -1.52. The Morgan fingerprint density at radius 3 is 2.68 bits per heavy atom. The van der Waals surface area contributed by atoms with Gasteiger partial charge >= 0.3 is 0 Å². The van der Waals surface area contributed by atoms with Crippen LogP contribution in [0.15, 0.2) is 46.9 Å². The summed E-state index contributed by atoms with van der Waals surface area (Å²) in [5, 5.41) is 12.9. The lowest BCUT2D eigenvalue weighted by atomic mass is 10.1. The summed E-state index contributed by atoms with van der Waals surface area (Å²) in [6, 6.07) is 11.9. The number of phenols is 1. The van der Waals surface area contributed by atoms with E-state index in [2.05, 4.69) is 21.2 Å². The topological polar surface area (TPSA) is 49.3 Å². The van der Waals surface area contributed by atoms with Crippen LogP contribution >= 0.6 is 27.5 Å². The predicted octanol–water partition coefficient (Wildman–Crippen LogP) is 3.99. The van der Waals surface area contributed by atoms with Crippen LogP contribution in [0.1, 0.15) is 5.56 Å². The molecule has 0 saturated heterocycles. The second-order valence-corrected chi connectivity index (χ2v) is 5.24. The van der Waals surface area contributed by atoms with Crippen molar-refractivity contribution < 1.29 is 9.90 Å². The van der Waals surface area contributed by atoms with Crippen molar-refractivity contribution in [2.24, 2.45) is 0 Å². The summed E-state index contributed by atoms with van der Waals surface area (Å²) < 4.78 is 0.717. The quantitative estimate of drug-likeness (QED) is 0.887. The first kappa shape index (κ1) is 13.9. The molecule has 0 spiro atoms. The van der Waals surface area contributed by atoms with E-state index in [4.69, 9.17) is 11.6 Å². The van der Waals surface area contributed by atoms with E-state index < -0.39 is 0 Å². The highest BCUT2D eigenvalue weighted by atomic mass is 79.9. The minimum atomic E-state index is -0.198. The summed E-state index contributed by atoms with van der Waals surface area (Å²) in [4.78, 5) is 11.9. The maximum absolute atomic E-state index is 11.9. The van der Waals surface area contributed by atoms with Crippen molar-refractivity contribution in [2.75, 3.05) is 5.32 Å². The van der Waals surface area contributed by atoms with Crippen molar-refractivity contribution in [2.45, 2.75) is 6.42 Å². The van der Waals surface area contributed by atoms with Gasteiger partial charge < -0.3 is 10.4 Å². The molecule has 1 amide bonds. The third-order valence-corrected chi connectivity index (χ3v) is 3.76. The van der Waals surface area contributed by atoms with Gasteiger partial charge in [0, 0.05) is 15.7 Å². The smallest absolute Gasteiger partial charge is 0.228 e. The van der Waals surface area contributed by atoms with Crippen LogP contribution < -0.4 is 5.32 Å². The number of hydrogen-bond acceptors (Lipinski definition) is 2. The molecule has 0 heterocycles. The molecule has 3 nitrogen and oxygen atoms in total. The van der Waals surface area contributed by atoms with Crippen molar-refractivity contribution in [3.8, 4) is 5.75 Å². The zero-order valence-electron chi connectivity index (χ0n) is 9.86. The molecule has 0 bridgehead atoms. The number of nitrogens with one attached hydrogen (secondary N) is 1. The van der Waals surface area contributed by atoms with Crippen molar-refractivity contribution in [1.29, 1.82) is 0 Å². The van der Waals surface area contributed by atoms with E-state index in [1.54, 1.807) is 42.5 Å². The van der Waals surface area contributed by atoms with Crippen LogP contribution in [0.4, 0.5) is 5.69 Å². The van der Waals surface area contributed by atoms with Gasteiger partial charge in [-0.2, -0.15) is 0 Å². The second-order valence-electron chi connectivity index (χ2n) is 3.98. The summed E-state index contributed by atoms with van der Waals surface area (Å²) in [7, 11) is 0. The number of rotatable bonds is 3. The number of amides is 1. The molecule has 2 aromatic carbocycles. The Morgan fingerprint density at radius 2 is 2.00 bits per heavy atom. The van der Waals surface area contributed by atoms with Gasteiger partial charge in [0.1, 0.15) is 5.75 Å². The van der Waals surface area contributed by atoms with Crippen molar-refractivity contribution in [3.05, 3.63) is 57.5 Å². The Bertz CT molecular complexity index is 616. The highest BCUT2D eigenvalue weighted by Gasteiger charge is 2.08. The van der Waals surface area contributed by atoms with E-state index in [0.717, 1.165) is 4.47 Å². The van der Waals surface area contributed by atoms with Crippen LogP contribution in [-0.2, 0) is 11.2 Å². The number of aromatic hydroxyl groups is 1. The summed E-state index contributed by atoms with van der Waals surface area (Å²) in [6.45, 7) is 0. The number of para-hydroxylation sites is 1. The summed E-state index contributed by atoms with van der Waals surface area (Å²) in [5.41, 5.74) is 1.24. The molecule has 98 valence electrons. The van der Waals surface area contributed by atoms with Gasteiger partial charge in [0.2, 0.25) is 5.91 Å². The van der Waals surface area contributed by atoms with Gasteiger partial charge in [-0.25, -0.2) is 0 Å². The molecule has 0 radical (unpaired) electrons. The van der Waals surface area contributed by atoms with Crippen LogP contribution in [-0.4, -0.2) is 11.0 Å². The largest absolute Gasteiger partial charge is 0.508 e. The fourth-order valence-electron chi connectivity index (χ4n) is 1.61. The average Bonchev–Trinajstić information content (AvgIpc) is 2.37. The number of hydrogen-bond donors (Lipinski definition) is 2. The second kappa shape index (κ2) is 6.08. The third-order valence-electron chi connectivity index (χ3n) is 2.55. The monoisotopic (exact) mass is 339 g/mol. The van der Waals surface area contributed by atoms with Gasteiger partial charge in [-0.3, -0.25) is 4.79 Å². The zero-order chi connectivity index (χ0) is 13.8. The summed E-state index contributed by atoms with van der Waals surface area (Å²) in [5.74, 6) is -0.0781. The van der Waals surface area contributed by atoms with E-state index in [0.29, 0.717) is 16.3 Å². The average molecular weight is 341 g/mol. The number of benzene rings is 2. The minimum absolute atomic E-state index is 0.118. The lowest BCUT2D eigenvalue weighted by Gasteiger charge is -2.07. The van der Waals surface area contributed by atoms with Crippen molar-refractivity contribution in [3.63, 3.8) is 0 Å². The first-order valence-electron chi connectivity index (χ1n) is 5.58. The third kappa shape index (κ3) is 3.72. The van der Waals surface area contributed by atoms with E-state index in [1.807, 2.05) is 0 Å². The van der Waals surface area contributed by atoms with Gasteiger partial charge in [0.15, 0.2) is 0 Å². The molecular weight excluding hydrogens is 330 g/mol. The molecule has 19 heavy (non-hydrogen) atoms. The number of anilines is 1. The van der Waals surface area contributed by atoms with Gasteiger partial charge in [-0.05, 0) is 40.2 Å².